The second-order valence-corrected chi connectivity index (χ2v) is 4.75. The predicted octanol–water partition coefficient (Wildman–Crippen LogP) is 4.44. The molecule has 1 aromatic carbocycles. The Morgan fingerprint density at radius 1 is 1.00 bits per heavy atom. The minimum absolute atomic E-state index is 0.668. The molecular weight excluding hydrogens is 286 g/mol. The lowest BCUT2D eigenvalue weighted by molar-refractivity contribution is 0.575. The van der Waals surface area contributed by atoms with Crippen molar-refractivity contribution in [1.29, 1.82) is 0 Å². The Kier molecular flexibility index (Phi) is 3.98. The summed E-state index contributed by atoms with van der Waals surface area (Å²) >= 11 is 5.87. The highest BCUT2D eigenvalue weighted by Crippen LogP contribution is 2.23. The molecule has 3 aromatic rings. The topological polar surface area (TPSA) is 50.4 Å². The maximum atomic E-state index is 5.87. The normalized spacial score (nSPS) is 10.9. The predicted molar refractivity (Wildman–Crippen MR) is 84.6 cm³/mol. The quantitative estimate of drug-likeness (QED) is 0.572. The molecule has 21 heavy (non-hydrogen) atoms. The fourth-order valence-corrected chi connectivity index (χ4v) is 1.91. The zero-order valence-corrected chi connectivity index (χ0v) is 11.8. The molecule has 3 rings (SSSR count). The molecule has 0 radical (unpaired) electrons. The van der Waals surface area contributed by atoms with Gasteiger partial charge in [0.2, 0.25) is 0 Å². The molecule has 0 saturated carbocycles. The largest absolute Gasteiger partial charge is 0.455 e. The summed E-state index contributed by atoms with van der Waals surface area (Å²) in [5.41, 5.74) is 4.74. The number of furan rings is 1. The van der Waals surface area contributed by atoms with Crippen molar-refractivity contribution in [2.24, 2.45) is 5.10 Å². The lowest BCUT2D eigenvalue weighted by Crippen LogP contribution is -1.89. The second-order valence-electron chi connectivity index (χ2n) is 4.31. The van der Waals surface area contributed by atoms with Gasteiger partial charge in [-0.2, -0.15) is 5.10 Å². The van der Waals surface area contributed by atoms with Gasteiger partial charge in [0, 0.05) is 23.0 Å². The van der Waals surface area contributed by atoms with Crippen LogP contribution in [0.4, 0.5) is 5.69 Å². The summed E-state index contributed by atoms with van der Waals surface area (Å²) in [6, 6.07) is 14.9. The zero-order valence-electron chi connectivity index (χ0n) is 11.0. The summed E-state index contributed by atoms with van der Waals surface area (Å²) in [7, 11) is 0. The molecule has 4 nitrogen and oxygen atoms in total. The van der Waals surface area contributed by atoms with Gasteiger partial charge in [-0.05, 0) is 48.5 Å². The maximum Gasteiger partial charge on any atom is 0.147 e. The zero-order chi connectivity index (χ0) is 14.5. The van der Waals surface area contributed by atoms with Gasteiger partial charge in [0.15, 0.2) is 0 Å². The van der Waals surface area contributed by atoms with E-state index in [0.29, 0.717) is 10.8 Å². The fourth-order valence-electron chi connectivity index (χ4n) is 1.79. The van der Waals surface area contributed by atoms with Crippen molar-refractivity contribution in [3.8, 4) is 11.3 Å². The van der Waals surface area contributed by atoms with Crippen molar-refractivity contribution in [2.75, 3.05) is 5.43 Å². The van der Waals surface area contributed by atoms with Crippen LogP contribution in [-0.4, -0.2) is 11.2 Å². The summed E-state index contributed by atoms with van der Waals surface area (Å²) in [5.74, 6) is 1.44. The van der Waals surface area contributed by atoms with E-state index in [9.17, 15) is 0 Å². The Labute approximate surface area is 127 Å². The van der Waals surface area contributed by atoms with E-state index in [0.717, 1.165) is 17.0 Å². The van der Waals surface area contributed by atoms with E-state index in [1.807, 2.05) is 48.5 Å². The number of pyridine rings is 1. The lowest BCUT2D eigenvalue weighted by atomic mass is 10.2. The number of anilines is 1. The van der Waals surface area contributed by atoms with Gasteiger partial charge in [0.25, 0.3) is 0 Å². The molecule has 0 atom stereocenters. The van der Waals surface area contributed by atoms with E-state index in [2.05, 4.69) is 15.5 Å². The van der Waals surface area contributed by atoms with Crippen molar-refractivity contribution in [3.63, 3.8) is 0 Å². The average molecular weight is 298 g/mol. The van der Waals surface area contributed by atoms with Gasteiger partial charge < -0.3 is 4.42 Å². The number of nitrogens with zero attached hydrogens (tertiary/aromatic N) is 2. The molecule has 0 saturated heterocycles. The first-order valence-electron chi connectivity index (χ1n) is 6.36. The molecule has 0 unspecified atom stereocenters. The standard InChI is InChI=1S/C16H12ClN3O/c17-13-3-1-12(2-4-13)16-6-5-15(21-16)11-19-20-14-7-9-18-10-8-14/h1-11H,(H,18,20)/b19-11+. The van der Waals surface area contributed by atoms with Gasteiger partial charge in [-0.25, -0.2) is 0 Å². The van der Waals surface area contributed by atoms with Crippen molar-refractivity contribution >= 4 is 23.5 Å². The van der Waals surface area contributed by atoms with Crippen molar-refractivity contribution in [2.45, 2.75) is 0 Å². The molecule has 0 fully saturated rings. The van der Waals surface area contributed by atoms with Gasteiger partial charge in [0.1, 0.15) is 11.5 Å². The van der Waals surface area contributed by atoms with Crippen LogP contribution in [0.15, 0.2) is 70.4 Å². The number of hydrogen-bond donors (Lipinski definition) is 1. The van der Waals surface area contributed by atoms with Crippen LogP contribution in [0, 0.1) is 0 Å². The van der Waals surface area contributed by atoms with Gasteiger partial charge in [0.05, 0.1) is 11.9 Å². The first-order chi connectivity index (χ1) is 10.3. The van der Waals surface area contributed by atoms with E-state index in [1.165, 1.54) is 0 Å². The number of aromatic nitrogens is 1. The fraction of sp³-hybridized carbons (Fsp3) is 0. The van der Waals surface area contributed by atoms with E-state index >= 15 is 0 Å². The third-order valence-electron chi connectivity index (χ3n) is 2.82. The van der Waals surface area contributed by atoms with Crippen LogP contribution in [-0.2, 0) is 0 Å². The molecule has 0 amide bonds. The maximum absolute atomic E-state index is 5.87. The first-order valence-corrected chi connectivity index (χ1v) is 6.74. The Bertz CT molecular complexity index is 736. The highest BCUT2D eigenvalue weighted by atomic mass is 35.5. The van der Waals surface area contributed by atoms with E-state index in [4.69, 9.17) is 16.0 Å². The highest BCUT2D eigenvalue weighted by Gasteiger charge is 2.03. The molecule has 0 aliphatic rings. The molecule has 0 spiro atoms. The SMILES string of the molecule is Clc1ccc(-c2ccc(/C=N/Nc3ccncc3)o2)cc1. The Hall–Kier alpha value is -2.59. The number of benzene rings is 1. The molecular formula is C16H12ClN3O. The van der Waals surface area contributed by atoms with Crippen molar-refractivity contribution in [1.82, 2.24) is 4.98 Å². The summed E-state index contributed by atoms with van der Waals surface area (Å²) in [6.45, 7) is 0. The van der Waals surface area contributed by atoms with Gasteiger partial charge >= 0.3 is 0 Å². The Balaban J connectivity index is 1.69. The molecule has 2 aromatic heterocycles. The van der Waals surface area contributed by atoms with Crippen LogP contribution in [0.2, 0.25) is 5.02 Å². The number of halogens is 1. The van der Waals surface area contributed by atoms with Gasteiger partial charge in [-0.15, -0.1) is 0 Å². The lowest BCUT2D eigenvalue weighted by Gasteiger charge is -1.97. The molecule has 5 heteroatoms. The first kappa shape index (κ1) is 13.4. The van der Waals surface area contributed by atoms with E-state index < -0.39 is 0 Å². The third-order valence-corrected chi connectivity index (χ3v) is 3.07. The smallest absolute Gasteiger partial charge is 0.147 e. The van der Waals surface area contributed by atoms with Crippen molar-refractivity contribution in [3.05, 3.63) is 71.7 Å². The minimum Gasteiger partial charge on any atom is -0.455 e. The van der Waals surface area contributed by atoms with Crippen LogP contribution in [0.5, 0.6) is 0 Å². The third kappa shape index (κ3) is 3.49. The van der Waals surface area contributed by atoms with Crippen LogP contribution >= 0.6 is 11.6 Å². The van der Waals surface area contributed by atoms with Crippen LogP contribution in [0.1, 0.15) is 5.76 Å². The van der Waals surface area contributed by atoms with Crippen molar-refractivity contribution < 1.29 is 4.42 Å². The summed E-state index contributed by atoms with van der Waals surface area (Å²) in [6.07, 6.45) is 5.02. The molecule has 0 aliphatic heterocycles. The molecule has 2 heterocycles. The van der Waals surface area contributed by atoms with E-state index in [-0.39, 0.29) is 0 Å². The Morgan fingerprint density at radius 3 is 2.52 bits per heavy atom. The molecule has 1 N–H and O–H groups in total. The number of hydrazone groups is 1. The minimum atomic E-state index is 0.668. The summed E-state index contributed by atoms with van der Waals surface area (Å²) < 4.78 is 5.70. The second kappa shape index (κ2) is 6.24. The van der Waals surface area contributed by atoms with Crippen LogP contribution in [0.25, 0.3) is 11.3 Å². The van der Waals surface area contributed by atoms with Gasteiger partial charge in [-0.3, -0.25) is 10.4 Å². The molecule has 0 bridgehead atoms. The Morgan fingerprint density at radius 2 is 1.76 bits per heavy atom. The summed E-state index contributed by atoms with van der Waals surface area (Å²) in [5, 5.41) is 4.82. The molecule has 104 valence electrons. The van der Waals surface area contributed by atoms with Crippen LogP contribution < -0.4 is 5.43 Å². The number of rotatable bonds is 4. The average Bonchev–Trinajstić information content (AvgIpc) is 2.98. The highest BCUT2D eigenvalue weighted by molar-refractivity contribution is 6.30. The summed E-state index contributed by atoms with van der Waals surface area (Å²) in [4.78, 5) is 3.93. The molecule has 0 aliphatic carbocycles. The number of nitrogens with one attached hydrogen (secondary N) is 1. The van der Waals surface area contributed by atoms with Crippen LogP contribution in [0.3, 0.4) is 0 Å². The number of hydrogen-bond acceptors (Lipinski definition) is 4. The van der Waals surface area contributed by atoms with Gasteiger partial charge in [-0.1, -0.05) is 11.6 Å². The monoisotopic (exact) mass is 297 g/mol. The van der Waals surface area contributed by atoms with E-state index in [1.54, 1.807) is 18.6 Å².